The molecule has 0 bridgehead atoms. The van der Waals surface area contributed by atoms with Crippen molar-refractivity contribution in [3.05, 3.63) is 35.4 Å². The van der Waals surface area contributed by atoms with Crippen molar-refractivity contribution < 1.29 is 8.42 Å². The molecule has 1 saturated heterocycles. The van der Waals surface area contributed by atoms with Crippen molar-refractivity contribution in [1.29, 1.82) is 0 Å². The van der Waals surface area contributed by atoms with Gasteiger partial charge in [0.2, 0.25) is 10.0 Å². The standard InChI is InChI=1S/C21H36N4O2S/c1-5-14-28(26,27)25-12-10-20(11-13-25)24-21(22-6-2)23-16-18(4)19-9-7-8-17(3)15-19/h7-9,15,18,20H,5-6,10-14,16H2,1-4H3,(H2,22,23,24). The first-order chi connectivity index (χ1) is 13.4. The van der Waals surface area contributed by atoms with Gasteiger partial charge >= 0.3 is 0 Å². The molecule has 1 aromatic rings. The van der Waals surface area contributed by atoms with Crippen LogP contribution in [0, 0.1) is 6.92 Å². The fourth-order valence-electron chi connectivity index (χ4n) is 3.49. The summed E-state index contributed by atoms with van der Waals surface area (Å²) in [6, 6.07) is 8.82. The van der Waals surface area contributed by atoms with E-state index in [4.69, 9.17) is 4.99 Å². The lowest BCUT2D eigenvalue weighted by Crippen LogP contribution is -2.50. The zero-order chi connectivity index (χ0) is 20.6. The molecule has 1 atom stereocenters. The number of nitrogens with one attached hydrogen (secondary N) is 2. The number of nitrogens with zero attached hydrogens (tertiary/aromatic N) is 2. The SMILES string of the molecule is CCCS(=O)(=O)N1CCC(NC(=NCC(C)c2cccc(C)c2)NCC)CC1. The van der Waals surface area contributed by atoms with Crippen molar-refractivity contribution >= 4 is 16.0 Å². The van der Waals surface area contributed by atoms with Gasteiger partial charge in [-0.2, -0.15) is 0 Å². The van der Waals surface area contributed by atoms with Crippen LogP contribution in [0.1, 0.15) is 57.1 Å². The van der Waals surface area contributed by atoms with E-state index in [1.165, 1.54) is 11.1 Å². The van der Waals surface area contributed by atoms with E-state index < -0.39 is 10.0 Å². The first-order valence-corrected chi connectivity index (χ1v) is 12.1. The van der Waals surface area contributed by atoms with Crippen LogP contribution in [0.5, 0.6) is 0 Å². The molecule has 0 spiro atoms. The van der Waals surface area contributed by atoms with Crippen LogP contribution in [-0.4, -0.2) is 56.7 Å². The molecule has 1 heterocycles. The quantitative estimate of drug-likeness (QED) is 0.512. The second-order valence-electron chi connectivity index (χ2n) is 7.67. The Morgan fingerprint density at radius 2 is 2.00 bits per heavy atom. The highest BCUT2D eigenvalue weighted by atomic mass is 32.2. The van der Waals surface area contributed by atoms with Gasteiger partial charge in [-0.3, -0.25) is 4.99 Å². The molecule has 0 aliphatic carbocycles. The Bertz CT molecular complexity index is 741. The molecule has 0 radical (unpaired) electrons. The molecule has 1 fully saturated rings. The van der Waals surface area contributed by atoms with Crippen LogP contribution >= 0.6 is 0 Å². The Balaban J connectivity index is 1.91. The number of aryl methyl sites for hydroxylation is 1. The summed E-state index contributed by atoms with van der Waals surface area (Å²) in [7, 11) is -3.09. The fourth-order valence-corrected chi connectivity index (χ4v) is 5.03. The maximum absolute atomic E-state index is 12.2. The normalized spacial score (nSPS) is 18.1. The highest BCUT2D eigenvalue weighted by Crippen LogP contribution is 2.17. The summed E-state index contributed by atoms with van der Waals surface area (Å²) >= 11 is 0. The molecule has 2 rings (SSSR count). The number of sulfonamides is 1. The molecule has 6 nitrogen and oxygen atoms in total. The molecule has 1 aliphatic rings. The third kappa shape index (κ3) is 6.78. The van der Waals surface area contributed by atoms with Crippen LogP contribution in [0.2, 0.25) is 0 Å². The molecule has 1 aliphatic heterocycles. The van der Waals surface area contributed by atoms with Gasteiger partial charge in [0.25, 0.3) is 0 Å². The van der Waals surface area contributed by atoms with E-state index in [1.54, 1.807) is 4.31 Å². The zero-order valence-corrected chi connectivity index (χ0v) is 18.6. The van der Waals surface area contributed by atoms with Gasteiger partial charge in [-0.1, -0.05) is 43.7 Å². The average molecular weight is 409 g/mol. The first kappa shape index (κ1) is 22.7. The lowest BCUT2D eigenvalue weighted by Gasteiger charge is -2.32. The third-order valence-corrected chi connectivity index (χ3v) is 7.20. The second kappa shape index (κ2) is 10.8. The minimum atomic E-state index is -3.09. The van der Waals surface area contributed by atoms with E-state index >= 15 is 0 Å². The number of benzene rings is 1. The zero-order valence-electron chi connectivity index (χ0n) is 17.7. The monoisotopic (exact) mass is 408 g/mol. The molecule has 28 heavy (non-hydrogen) atoms. The van der Waals surface area contributed by atoms with E-state index in [0.29, 0.717) is 32.0 Å². The summed E-state index contributed by atoms with van der Waals surface area (Å²) < 4.78 is 26.1. The number of aliphatic imine (C=N–C) groups is 1. The second-order valence-corrected chi connectivity index (χ2v) is 9.76. The van der Waals surface area contributed by atoms with Crippen LogP contribution in [0.4, 0.5) is 0 Å². The van der Waals surface area contributed by atoms with Gasteiger partial charge in [-0.15, -0.1) is 0 Å². The number of rotatable bonds is 8. The Morgan fingerprint density at radius 1 is 1.29 bits per heavy atom. The lowest BCUT2D eigenvalue weighted by atomic mass is 10.00. The van der Waals surface area contributed by atoms with Gasteiger partial charge < -0.3 is 10.6 Å². The van der Waals surface area contributed by atoms with E-state index in [-0.39, 0.29) is 11.8 Å². The fraction of sp³-hybridized carbons (Fsp3) is 0.667. The predicted octanol–water partition coefficient (Wildman–Crippen LogP) is 2.86. The molecule has 0 aromatic heterocycles. The molecular formula is C21H36N4O2S. The molecule has 2 N–H and O–H groups in total. The summed E-state index contributed by atoms with van der Waals surface area (Å²) in [6.07, 6.45) is 2.28. The molecule has 158 valence electrons. The summed E-state index contributed by atoms with van der Waals surface area (Å²) in [6.45, 7) is 10.9. The molecule has 0 saturated carbocycles. The van der Waals surface area contributed by atoms with Crippen molar-refractivity contribution in [3.8, 4) is 0 Å². The third-order valence-electron chi connectivity index (χ3n) is 5.13. The Morgan fingerprint density at radius 3 is 2.61 bits per heavy atom. The topological polar surface area (TPSA) is 73.8 Å². The minimum absolute atomic E-state index is 0.242. The minimum Gasteiger partial charge on any atom is -0.357 e. The summed E-state index contributed by atoms with van der Waals surface area (Å²) in [5.41, 5.74) is 2.57. The highest BCUT2D eigenvalue weighted by molar-refractivity contribution is 7.89. The Hall–Kier alpha value is -1.60. The maximum Gasteiger partial charge on any atom is 0.214 e. The Labute approximate surface area is 170 Å². The molecule has 1 aromatic carbocycles. The molecular weight excluding hydrogens is 372 g/mol. The van der Waals surface area contributed by atoms with Crippen LogP contribution < -0.4 is 10.6 Å². The highest BCUT2D eigenvalue weighted by Gasteiger charge is 2.27. The average Bonchev–Trinajstić information content (AvgIpc) is 2.66. The maximum atomic E-state index is 12.2. The smallest absolute Gasteiger partial charge is 0.214 e. The van der Waals surface area contributed by atoms with Crippen LogP contribution in [-0.2, 0) is 10.0 Å². The van der Waals surface area contributed by atoms with Gasteiger partial charge in [-0.05, 0) is 38.7 Å². The van der Waals surface area contributed by atoms with Gasteiger partial charge in [0.1, 0.15) is 0 Å². The van der Waals surface area contributed by atoms with Crippen molar-refractivity contribution in [2.45, 2.75) is 58.9 Å². The van der Waals surface area contributed by atoms with Crippen LogP contribution in [0.25, 0.3) is 0 Å². The summed E-state index contributed by atoms with van der Waals surface area (Å²) in [4.78, 5) is 4.77. The predicted molar refractivity (Wildman–Crippen MR) is 117 cm³/mol. The van der Waals surface area contributed by atoms with Crippen molar-refractivity contribution in [1.82, 2.24) is 14.9 Å². The van der Waals surface area contributed by atoms with Gasteiger partial charge in [0.05, 0.1) is 5.75 Å². The number of piperidine rings is 1. The lowest BCUT2D eigenvalue weighted by molar-refractivity contribution is 0.306. The molecule has 7 heteroatoms. The number of hydrogen-bond donors (Lipinski definition) is 2. The van der Waals surface area contributed by atoms with Crippen molar-refractivity contribution in [3.63, 3.8) is 0 Å². The first-order valence-electron chi connectivity index (χ1n) is 10.4. The van der Waals surface area contributed by atoms with Gasteiger partial charge in [0.15, 0.2) is 5.96 Å². The van der Waals surface area contributed by atoms with Gasteiger partial charge in [0, 0.05) is 38.1 Å². The van der Waals surface area contributed by atoms with E-state index in [9.17, 15) is 8.42 Å². The largest absolute Gasteiger partial charge is 0.357 e. The van der Waals surface area contributed by atoms with E-state index in [2.05, 4.69) is 55.7 Å². The van der Waals surface area contributed by atoms with Crippen molar-refractivity contribution in [2.75, 3.05) is 31.9 Å². The van der Waals surface area contributed by atoms with Crippen molar-refractivity contribution in [2.24, 2.45) is 4.99 Å². The van der Waals surface area contributed by atoms with E-state index in [0.717, 1.165) is 25.3 Å². The number of guanidine groups is 1. The van der Waals surface area contributed by atoms with Crippen LogP contribution in [0.3, 0.4) is 0 Å². The number of hydrogen-bond acceptors (Lipinski definition) is 3. The molecule has 1 unspecified atom stereocenters. The van der Waals surface area contributed by atoms with E-state index in [1.807, 2.05) is 6.92 Å². The Kier molecular flexibility index (Phi) is 8.76. The molecule has 0 amide bonds. The van der Waals surface area contributed by atoms with Crippen LogP contribution in [0.15, 0.2) is 29.3 Å². The summed E-state index contributed by atoms with van der Waals surface area (Å²) in [5, 5.41) is 6.81. The summed E-state index contributed by atoms with van der Waals surface area (Å²) in [5.74, 6) is 1.40. The van der Waals surface area contributed by atoms with Gasteiger partial charge in [-0.25, -0.2) is 12.7 Å².